The normalized spacial score (nSPS) is 13.3. The Kier molecular flexibility index (Phi) is 4.61. The molecular formula is C11H15Br2N. The second-order valence-electron chi connectivity index (χ2n) is 3.90. The van der Waals surface area contributed by atoms with Crippen LogP contribution in [0.3, 0.4) is 0 Å². The van der Waals surface area contributed by atoms with Crippen LogP contribution in [0.1, 0.15) is 31.9 Å². The molecular weight excluding hydrogens is 306 g/mol. The number of halogens is 2. The van der Waals surface area contributed by atoms with E-state index in [2.05, 4.69) is 51.8 Å². The zero-order chi connectivity index (χ0) is 10.7. The van der Waals surface area contributed by atoms with Gasteiger partial charge in [0, 0.05) is 15.0 Å². The Morgan fingerprint density at radius 3 is 2.50 bits per heavy atom. The molecule has 0 unspecified atom stereocenters. The van der Waals surface area contributed by atoms with Crippen molar-refractivity contribution in [2.45, 2.75) is 26.3 Å². The minimum absolute atomic E-state index is 0.113. The summed E-state index contributed by atoms with van der Waals surface area (Å²) in [5.41, 5.74) is 7.29. The van der Waals surface area contributed by atoms with Gasteiger partial charge in [0.2, 0.25) is 0 Å². The molecule has 14 heavy (non-hydrogen) atoms. The zero-order valence-corrected chi connectivity index (χ0v) is 11.6. The fourth-order valence-electron chi connectivity index (χ4n) is 1.43. The summed E-state index contributed by atoms with van der Waals surface area (Å²) >= 11 is 6.97. The number of benzene rings is 1. The summed E-state index contributed by atoms with van der Waals surface area (Å²) in [6, 6.07) is 6.23. The molecule has 1 rings (SSSR count). The van der Waals surface area contributed by atoms with Gasteiger partial charge in [-0.15, -0.1) is 0 Å². The third-order valence-electron chi connectivity index (χ3n) is 2.08. The van der Waals surface area contributed by atoms with Crippen LogP contribution in [-0.4, -0.2) is 0 Å². The Morgan fingerprint density at radius 1 is 1.29 bits per heavy atom. The number of hydrogen-bond donors (Lipinski definition) is 1. The van der Waals surface area contributed by atoms with Crippen LogP contribution in [0.5, 0.6) is 0 Å². The molecule has 0 aliphatic rings. The van der Waals surface area contributed by atoms with Gasteiger partial charge in [-0.05, 0) is 36.1 Å². The third-order valence-corrected chi connectivity index (χ3v) is 3.30. The molecule has 1 aromatic rings. The molecule has 0 bridgehead atoms. The highest BCUT2D eigenvalue weighted by Gasteiger charge is 2.11. The summed E-state index contributed by atoms with van der Waals surface area (Å²) in [5, 5.41) is 0. The summed E-state index contributed by atoms with van der Waals surface area (Å²) < 4.78 is 2.17. The van der Waals surface area contributed by atoms with Crippen molar-refractivity contribution in [3.05, 3.63) is 32.7 Å². The first-order valence-electron chi connectivity index (χ1n) is 4.71. The summed E-state index contributed by atoms with van der Waals surface area (Å²) in [6.07, 6.45) is 1.01. The molecule has 0 fully saturated rings. The van der Waals surface area contributed by atoms with Gasteiger partial charge >= 0.3 is 0 Å². The molecule has 0 radical (unpaired) electrons. The van der Waals surface area contributed by atoms with Crippen molar-refractivity contribution in [1.82, 2.24) is 0 Å². The van der Waals surface area contributed by atoms with E-state index in [1.807, 2.05) is 12.1 Å². The van der Waals surface area contributed by atoms with Crippen LogP contribution < -0.4 is 5.73 Å². The molecule has 0 saturated heterocycles. The quantitative estimate of drug-likeness (QED) is 0.884. The Bertz CT molecular complexity index is 310. The van der Waals surface area contributed by atoms with Crippen LogP contribution in [0.2, 0.25) is 0 Å². The summed E-state index contributed by atoms with van der Waals surface area (Å²) in [6.45, 7) is 4.37. The molecule has 0 spiro atoms. The topological polar surface area (TPSA) is 26.0 Å². The lowest BCUT2D eigenvalue weighted by Crippen LogP contribution is -2.13. The minimum Gasteiger partial charge on any atom is -0.324 e. The van der Waals surface area contributed by atoms with Crippen LogP contribution in [-0.2, 0) is 0 Å². The Hall–Kier alpha value is 0.140. The van der Waals surface area contributed by atoms with Gasteiger partial charge in [0.1, 0.15) is 0 Å². The molecule has 78 valence electrons. The van der Waals surface area contributed by atoms with Gasteiger partial charge in [-0.25, -0.2) is 0 Å². The molecule has 0 aliphatic carbocycles. The van der Waals surface area contributed by atoms with E-state index in [9.17, 15) is 0 Å². The molecule has 0 heterocycles. The van der Waals surface area contributed by atoms with E-state index in [-0.39, 0.29) is 6.04 Å². The Labute approximate surface area is 102 Å². The van der Waals surface area contributed by atoms with Crippen LogP contribution in [0.15, 0.2) is 27.1 Å². The van der Waals surface area contributed by atoms with Crippen LogP contribution in [0.4, 0.5) is 0 Å². The largest absolute Gasteiger partial charge is 0.324 e. The first-order valence-corrected chi connectivity index (χ1v) is 6.30. The summed E-state index contributed by atoms with van der Waals surface area (Å²) in [5.74, 6) is 0.621. The average molecular weight is 321 g/mol. The van der Waals surface area contributed by atoms with Gasteiger partial charge < -0.3 is 5.73 Å². The zero-order valence-electron chi connectivity index (χ0n) is 8.43. The van der Waals surface area contributed by atoms with E-state index in [1.165, 1.54) is 5.56 Å². The maximum absolute atomic E-state index is 6.11. The standard InChI is InChI=1S/C11H15Br2N/c1-7(2)5-11(14)9-6-8(12)3-4-10(9)13/h3-4,6-7,11H,5,14H2,1-2H3/t11-/m0/s1. The molecule has 0 saturated carbocycles. The smallest absolute Gasteiger partial charge is 0.0308 e. The third kappa shape index (κ3) is 3.37. The lowest BCUT2D eigenvalue weighted by atomic mass is 9.98. The molecule has 1 aromatic carbocycles. The predicted molar refractivity (Wildman–Crippen MR) is 68.2 cm³/mol. The van der Waals surface area contributed by atoms with Gasteiger partial charge in [0.05, 0.1) is 0 Å². The summed E-state index contributed by atoms with van der Waals surface area (Å²) in [7, 11) is 0. The van der Waals surface area contributed by atoms with E-state index >= 15 is 0 Å². The van der Waals surface area contributed by atoms with Crippen LogP contribution in [0.25, 0.3) is 0 Å². The van der Waals surface area contributed by atoms with Crippen molar-refractivity contribution in [2.24, 2.45) is 11.7 Å². The number of nitrogens with two attached hydrogens (primary N) is 1. The molecule has 0 aliphatic heterocycles. The highest BCUT2D eigenvalue weighted by atomic mass is 79.9. The molecule has 3 heteroatoms. The van der Waals surface area contributed by atoms with Crippen molar-refractivity contribution >= 4 is 31.9 Å². The highest BCUT2D eigenvalue weighted by Crippen LogP contribution is 2.28. The lowest BCUT2D eigenvalue weighted by Gasteiger charge is -2.16. The van der Waals surface area contributed by atoms with Crippen molar-refractivity contribution in [3.8, 4) is 0 Å². The Morgan fingerprint density at radius 2 is 1.93 bits per heavy atom. The highest BCUT2D eigenvalue weighted by molar-refractivity contribution is 9.11. The van der Waals surface area contributed by atoms with Crippen LogP contribution in [0, 0.1) is 5.92 Å². The van der Waals surface area contributed by atoms with E-state index < -0.39 is 0 Å². The second kappa shape index (κ2) is 5.29. The predicted octanol–water partition coefficient (Wildman–Crippen LogP) is 4.26. The summed E-state index contributed by atoms with van der Waals surface area (Å²) in [4.78, 5) is 0. The monoisotopic (exact) mass is 319 g/mol. The fourth-order valence-corrected chi connectivity index (χ4v) is 2.35. The van der Waals surface area contributed by atoms with Gasteiger partial charge in [-0.2, -0.15) is 0 Å². The van der Waals surface area contributed by atoms with Gasteiger partial charge in [0.15, 0.2) is 0 Å². The number of hydrogen-bond acceptors (Lipinski definition) is 1. The Balaban J connectivity index is 2.88. The van der Waals surface area contributed by atoms with E-state index in [0.29, 0.717) is 5.92 Å². The molecule has 0 aromatic heterocycles. The molecule has 0 amide bonds. The van der Waals surface area contributed by atoms with Gasteiger partial charge in [-0.3, -0.25) is 0 Å². The first kappa shape index (κ1) is 12.2. The van der Waals surface area contributed by atoms with Gasteiger partial charge in [0.25, 0.3) is 0 Å². The van der Waals surface area contributed by atoms with Crippen molar-refractivity contribution in [3.63, 3.8) is 0 Å². The first-order chi connectivity index (χ1) is 6.50. The molecule has 1 nitrogen and oxygen atoms in total. The van der Waals surface area contributed by atoms with E-state index in [4.69, 9.17) is 5.73 Å². The maximum atomic E-state index is 6.11. The average Bonchev–Trinajstić information content (AvgIpc) is 2.08. The fraction of sp³-hybridized carbons (Fsp3) is 0.455. The van der Waals surface area contributed by atoms with Crippen molar-refractivity contribution in [2.75, 3.05) is 0 Å². The second-order valence-corrected chi connectivity index (χ2v) is 5.67. The van der Waals surface area contributed by atoms with Gasteiger partial charge in [-0.1, -0.05) is 45.7 Å². The van der Waals surface area contributed by atoms with E-state index in [0.717, 1.165) is 15.4 Å². The molecule has 1 atom stereocenters. The lowest BCUT2D eigenvalue weighted by molar-refractivity contribution is 0.509. The van der Waals surface area contributed by atoms with Crippen molar-refractivity contribution < 1.29 is 0 Å². The SMILES string of the molecule is CC(C)C[C@H](N)c1cc(Br)ccc1Br. The van der Waals surface area contributed by atoms with Crippen molar-refractivity contribution in [1.29, 1.82) is 0 Å². The minimum atomic E-state index is 0.113. The number of rotatable bonds is 3. The maximum Gasteiger partial charge on any atom is 0.0308 e. The van der Waals surface area contributed by atoms with Crippen LogP contribution >= 0.6 is 31.9 Å². The van der Waals surface area contributed by atoms with E-state index in [1.54, 1.807) is 0 Å². The molecule has 2 N–H and O–H groups in total.